The molecule has 3 heteroatoms. The maximum absolute atomic E-state index is 10.8. The molecule has 12 heavy (non-hydrogen) atoms. The van der Waals surface area contributed by atoms with E-state index in [2.05, 4.69) is 4.74 Å². The maximum atomic E-state index is 10.8. The van der Waals surface area contributed by atoms with Gasteiger partial charge in [-0.25, -0.2) is 0 Å². The lowest BCUT2D eigenvalue weighted by molar-refractivity contribution is -0.141. The zero-order valence-electron chi connectivity index (χ0n) is 7.19. The van der Waals surface area contributed by atoms with Gasteiger partial charge in [0.2, 0.25) is 0 Å². The third-order valence-electron chi connectivity index (χ3n) is 2.15. The summed E-state index contributed by atoms with van der Waals surface area (Å²) in [5.41, 5.74) is 0. The topological polar surface area (TPSA) is 46.5 Å². The highest BCUT2D eigenvalue weighted by Gasteiger charge is 2.20. The minimum Gasteiger partial charge on any atom is -0.469 e. The first kappa shape index (κ1) is 9.26. The highest BCUT2D eigenvalue weighted by atomic mass is 16.5. The molecule has 0 saturated heterocycles. The van der Waals surface area contributed by atoms with Crippen LogP contribution < -0.4 is 0 Å². The fourth-order valence-electron chi connectivity index (χ4n) is 1.44. The Morgan fingerprint density at radius 1 is 1.58 bits per heavy atom. The molecule has 0 radical (unpaired) electrons. The highest BCUT2D eigenvalue weighted by Crippen LogP contribution is 2.25. The molecule has 2 atom stereocenters. The van der Waals surface area contributed by atoms with Crippen LogP contribution in [0.1, 0.15) is 12.8 Å². The van der Waals surface area contributed by atoms with Crippen LogP contribution in [-0.4, -0.2) is 24.8 Å². The van der Waals surface area contributed by atoms with Gasteiger partial charge in [-0.05, 0) is 12.3 Å². The van der Waals surface area contributed by atoms with Gasteiger partial charge in [-0.1, -0.05) is 12.2 Å². The molecule has 0 aromatic heterocycles. The van der Waals surface area contributed by atoms with E-state index in [0.29, 0.717) is 6.42 Å². The molecular weight excluding hydrogens is 156 g/mol. The molecule has 1 rings (SSSR count). The molecule has 1 N–H and O–H groups in total. The number of hydrogen-bond donors (Lipinski definition) is 1. The second-order valence-electron chi connectivity index (χ2n) is 3.10. The van der Waals surface area contributed by atoms with Crippen molar-refractivity contribution in [3.8, 4) is 0 Å². The number of aliphatic hydroxyl groups excluding tert-OH is 1. The average Bonchev–Trinajstić information content (AvgIpc) is 2.52. The Balaban J connectivity index is 2.29. The molecule has 1 aliphatic carbocycles. The lowest BCUT2D eigenvalue weighted by Crippen LogP contribution is -2.08. The van der Waals surface area contributed by atoms with E-state index in [1.165, 1.54) is 7.11 Å². The van der Waals surface area contributed by atoms with Crippen molar-refractivity contribution >= 4 is 5.97 Å². The summed E-state index contributed by atoms with van der Waals surface area (Å²) in [6, 6.07) is 0. The quantitative estimate of drug-likeness (QED) is 0.502. The Kier molecular flexibility index (Phi) is 3.29. The Labute approximate surface area is 72.0 Å². The average molecular weight is 170 g/mol. The summed E-state index contributed by atoms with van der Waals surface area (Å²) < 4.78 is 4.55. The first-order chi connectivity index (χ1) is 5.76. The zero-order valence-corrected chi connectivity index (χ0v) is 7.19. The van der Waals surface area contributed by atoms with Gasteiger partial charge in [-0.2, -0.15) is 0 Å². The Bertz CT molecular complexity index is 186. The number of hydrogen-bond acceptors (Lipinski definition) is 3. The van der Waals surface area contributed by atoms with Gasteiger partial charge in [0, 0.05) is 12.5 Å². The highest BCUT2D eigenvalue weighted by molar-refractivity contribution is 5.69. The van der Waals surface area contributed by atoms with E-state index >= 15 is 0 Å². The summed E-state index contributed by atoms with van der Waals surface area (Å²) in [5, 5.41) is 8.81. The molecule has 0 saturated carbocycles. The third kappa shape index (κ3) is 2.34. The van der Waals surface area contributed by atoms with Crippen molar-refractivity contribution < 1.29 is 14.6 Å². The molecule has 0 bridgehead atoms. The Hall–Kier alpha value is -0.830. The third-order valence-corrected chi connectivity index (χ3v) is 2.15. The van der Waals surface area contributed by atoms with Crippen LogP contribution in [0.5, 0.6) is 0 Å². The van der Waals surface area contributed by atoms with Crippen LogP contribution in [-0.2, 0) is 9.53 Å². The van der Waals surface area contributed by atoms with Crippen molar-refractivity contribution in [3.05, 3.63) is 12.2 Å². The molecule has 3 nitrogen and oxygen atoms in total. The van der Waals surface area contributed by atoms with Crippen molar-refractivity contribution in [1.82, 2.24) is 0 Å². The number of allylic oxidation sites excluding steroid dienone is 1. The minimum absolute atomic E-state index is 0.175. The summed E-state index contributed by atoms with van der Waals surface area (Å²) in [5.74, 6) is 0.317. The van der Waals surface area contributed by atoms with E-state index in [1.807, 2.05) is 12.2 Å². The van der Waals surface area contributed by atoms with Gasteiger partial charge in [-0.15, -0.1) is 0 Å². The van der Waals surface area contributed by atoms with Gasteiger partial charge in [0.25, 0.3) is 0 Å². The van der Waals surface area contributed by atoms with E-state index in [4.69, 9.17) is 5.11 Å². The van der Waals surface area contributed by atoms with Crippen LogP contribution in [0.3, 0.4) is 0 Å². The van der Waals surface area contributed by atoms with Crippen LogP contribution in [0.4, 0.5) is 0 Å². The predicted octanol–water partition coefficient (Wildman–Crippen LogP) is 0.734. The van der Waals surface area contributed by atoms with Gasteiger partial charge in [0.15, 0.2) is 0 Å². The number of aliphatic hydroxyl groups is 1. The smallest absolute Gasteiger partial charge is 0.306 e. The molecule has 0 heterocycles. The van der Waals surface area contributed by atoms with Crippen LogP contribution in [0.15, 0.2) is 12.2 Å². The van der Waals surface area contributed by atoms with E-state index in [1.54, 1.807) is 0 Å². The van der Waals surface area contributed by atoms with Gasteiger partial charge >= 0.3 is 5.97 Å². The summed E-state index contributed by atoms with van der Waals surface area (Å²) in [4.78, 5) is 10.8. The van der Waals surface area contributed by atoms with Crippen molar-refractivity contribution in [2.45, 2.75) is 12.8 Å². The molecule has 0 spiro atoms. The zero-order chi connectivity index (χ0) is 8.97. The SMILES string of the molecule is COC(=O)C[C@H]1C=C[C@H](CO)C1. The second-order valence-corrected chi connectivity index (χ2v) is 3.10. The Morgan fingerprint density at radius 2 is 2.25 bits per heavy atom. The van der Waals surface area contributed by atoms with Gasteiger partial charge in [0.1, 0.15) is 0 Å². The van der Waals surface area contributed by atoms with Crippen LogP contribution in [0.2, 0.25) is 0 Å². The maximum Gasteiger partial charge on any atom is 0.306 e. The predicted molar refractivity (Wildman–Crippen MR) is 44.5 cm³/mol. The lowest BCUT2D eigenvalue weighted by Gasteiger charge is -2.07. The first-order valence-corrected chi connectivity index (χ1v) is 4.12. The van der Waals surface area contributed by atoms with Crippen molar-refractivity contribution in [2.75, 3.05) is 13.7 Å². The van der Waals surface area contributed by atoms with Gasteiger partial charge in [-0.3, -0.25) is 4.79 Å². The van der Waals surface area contributed by atoms with Gasteiger partial charge in [0.05, 0.1) is 13.5 Å². The van der Waals surface area contributed by atoms with Crippen LogP contribution in [0, 0.1) is 11.8 Å². The summed E-state index contributed by atoms with van der Waals surface area (Å²) in [6.45, 7) is 0.175. The molecule has 0 aromatic rings. The molecule has 0 fully saturated rings. The number of esters is 1. The Morgan fingerprint density at radius 3 is 2.75 bits per heavy atom. The van der Waals surface area contributed by atoms with Crippen molar-refractivity contribution in [1.29, 1.82) is 0 Å². The molecular formula is C9H14O3. The standard InChI is InChI=1S/C9H14O3/c1-12-9(11)5-7-2-3-8(4-7)6-10/h2-3,7-8,10H,4-6H2,1H3/t7-,8-/m0/s1. The molecule has 0 amide bonds. The number of carbonyl (C=O) groups is 1. The molecule has 0 unspecified atom stereocenters. The number of rotatable bonds is 3. The summed E-state index contributed by atoms with van der Waals surface area (Å²) in [6.07, 6.45) is 5.25. The van der Waals surface area contributed by atoms with E-state index < -0.39 is 0 Å². The monoisotopic (exact) mass is 170 g/mol. The first-order valence-electron chi connectivity index (χ1n) is 4.12. The van der Waals surface area contributed by atoms with Crippen molar-refractivity contribution in [2.24, 2.45) is 11.8 Å². The number of ether oxygens (including phenoxy) is 1. The normalized spacial score (nSPS) is 27.5. The van der Waals surface area contributed by atoms with Crippen molar-refractivity contribution in [3.63, 3.8) is 0 Å². The van der Waals surface area contributed by atoms with Crippen LogP contribution >= 0.6 is 0 Å². The van der Waals surface area contributed by atoms with E-state index in [-0.39, 0.29) is 24.4 Å². The molecule has 0 aliphatic heterocycles. The van der Waals surface area contributed by atoms with E-state index in [0.717, 1.165) is 6.42 Å². The molecule has 68 valence electrons. The lowest BCUT2D eigenvalue weighted by atomic mass is 10.0. The largest absolute Gasteiger partial charge is 0.469 e. The van der Waals surface area contributed by atoms with Gasteiger partial charge < -0.3 is 9.84 Å². The molecule has 1 aliphatic rings. The summed E-state index contributed by atoms with van der Waals surface area (Å²) in [7, 11) is 1.39. The minimum atomic E-state index is -0.178. The fraction of sp³-hybridized carbons (Fsp3) is 0.667. The van der Waals surface area contributed by atoms with E-state index in [9.17, 15) is 4.79 Å². The fourth-order valence-corrected chi connectivity index (χ4v) is 1.44. The summed E-state index contributed by atoms with van der Waals surface area (Å²) >= 11 is 0. The second kappa shape index (κ2) is 4.26. The number of methoxy groups -OCH3 is 1. The van der Waals surface area contributed by atoms with Crippen LogP contribution in [0.25, 0.3) is 0 Å². The molecule has 0 aromatic carbocycles. The number of carbonyl (C=O) groups excluding carboxylic acids is 1.